The Bertz CT molecular complexity index is 1160. The van der Waals surface area contributed by atoms with Crippen molar-refractivity contribution in [1.29, 1.82) is 0 Å². The van der Waals surface area contributed by atoms with E-state index in [2.05, 4.69) is 0 Å². The molecule has 4 aliphatic rings. The molecule has 2 aliphatic carbocycles. The van der Waals surface area contributed by atoms with E-state index in [1.165, 1.54) is 33.8 Å². The molecule has 11 nitrogen and oxygen atoms in total. The first kappa shape index (κ1) is 31.2. The van der Waals surface area contributed by atoms with Crippen LogP contribution < -0.4 is 0 Å². The van der Waals surface area contributed by atoms with Crippen LogP contribution >= 0.6 is 0 Å². The molecule has 2 saturated heterocycles. The van der Waals surface area contributed by atoms with E-state index in [1.54, 1.807) is 26.0 Å². The molecule has 228 valence electrons. The minimum atomic E-state index is -1.95. The molecule has 2 heterocycles. The van der Waals surface area contributed by atoms with Crippen molar-refractivity contribution in [1.82, 2.24) is 0 Å². The van der Waals surface area contributed by atoms with Gasteiger partial charge in [0.1, 0.15) is 24.4 Å². The van der Waals surface area contributed by atoms with Gasteiger partial charge in [0.2, 0.25) is 0 Å². The lowest BCUT2D eigenvalue weighted by Crippen LogP contribution is -2.67. The second kappa shape index (κ2) is 10.8. The number of aliphatic hydroxyl groups excluding tert-OH is 1. The lowest BCUT2D eigenvalue weighted by molar-refractivity contribution is -0.215. The number of carbonyl (C=O) groups is 4. The van der Waals surface area contributed by atoms with E-state index in [4.69, 9.17) is 23.7 Å². The Morgan fingerprint density at radius 3 is 2.32 bits per heavy atom. The third-order valence-electron chi connectivity index (χ3n) is 9.29. The summed E-state index contributed by atoms with van der Waals surface area (Å²) in [4.78, 5) is 51.0. The first-order valence-corrected chi connectivity index (χ1v) is 14.3. The van der Waals surface area contributed by atoms with Gasteiger partial charge >= 0.3 is 23.9 Å². The molecular weight excluding hydrogens is 536 g/mol. The number of fused-ring (bicyclic) bond motifs is 1. The topological polar surface area (TPSA) is 158 Å². The molecule has 2 N–H and O–H groups in total. The molecule has 0 bridgehead atoms. The van der Waals surface area contributed by atoms with Gasteiger partial charge in [-0.3, -0.25) is 14.4 Å². The molecule has 0 radical (unpaired) electrons. The first-order valence-electron chi connectivity index (χ1n) is 14.3. The SMILES string of the molecule is CCCCCC(=O)OC1CC(OC(C)=O)[C@@]2(C)C=CC(O)[C@@](C)(O)C2C(OC(C)=O)C23O[C@@]2(C)C(=O)OC3/C=C\1C. The van der Waals surface area contributed by atoms with Gasteiger partial charge < -0.3 is 33.9 Å². The summed E-state index contributed by atoms with van der Waals surface area (Å²) >= 11 is 0. The predicted molar refractivity (Wildman–Crippen MR) is 143 cm³/mol. The smallest absolute Gasteiger partial charge is 0.342 e. The summed E-state index contributed by atoms with van der Waals surface area (Å²) in [7, 11) is 0. The number of hydrogen-bond acceptors (Lipinski definition) is 11. The van der Waals surface area contributed by atoms with Gasteiger partial charge in [-0.2, -0.15) is 0 Å². The van der Waals surface area contributed by atoms with Crippen LogP contribution in [0.25, 0.3) is 0 Å². The van der Waals surface area contributed by atoms with Crippen LogP contribution in [0.5, 0.6) is 0 Å². The quantitative estimate of drug-likeness (QED) is 0.150. The van der Waals surface area contributed by atoms with Gasteiger partial charge in [0.25, 0.3) is 0 Å². The number of carbonyl (C=O) groups excluding carboxylic acids is 4. The average molecular weight is 579 g/mol. The Hall–Kier alpha value is -2.76. The zero-order valence-electron chi connectivity index (χ0n) is 24.8. The summed E-state index contributed by atoms with van der Waals surface area (Å²) < 4.78 is 29.6. The average Bonchev–Trinajstić information content (AvgIpc) is 3.45. The zero-order valence-corrected chi connectivity index (χ0v) is 24.8. The molecule has 0 aromatic rings. The monoisotopic (exact) mass is 578 g/mol. The van der Waals surface area contributed by atoms with Gasteiger partial charge in [-0.25, -0.2) is 4.79 Å². The third kappa shape index (κ3) is 5.10. The molecule has 0 amide bonds. The Kier molecular flexibility index (Phi) is 8.23. The molecule has 10 atom stereocenters. The highest BCUT2D eigenvalue weighted by atomic mass is 16.7. The Labute approximate surface area is 240 Å². The molecule has 2 aliphatic heterocycles. The number of rotatable bonds is 7. The highest BCUT2D eigenvalue weighted by molar-refractivity contribution is 5.89. The maximum absolute atomic E-state index is 13.1. The van der Waals surface area contributed by atoms with Crippen LogP contribution in [0.3, 0.4) is 0 Å². The summed E-state index contributed by atoms with van der Waals surface area (Å²) in [5.41, 5.74) is -5.84. The maximum atomic E-state index is 13.1. The van der Waals surface area contributed by atoms with Crippen molar-refractivity contribution in [3.8, 4) is 0 Å². The standard InChI is InChI=1S/C30H42O11/c1-8-9-10-11-23(34)39-19-15-21(37-17(3)31)27(5)13-12-20(33)28(6,36)24(27)25(38-18(4)32)30-22(14-16(19)2)40-26(35)29(30,7)41-30/h12-14,19-22,24-25,33,36H,8-11,15H2,1-7H3/b16-14-/t19?,20?,21?,22?,24?,25?,27-,28-,29+,30?/m1/s1. The van der Waals surface area contributed by atoms with Gasteiger partial charge in [0.15, 0.2) is 17.3 Å². The number of ether oxygens (including phenoxy) is 5. The van der Waals surface area contributed by atoms with Crippen LogP contribution in [0, 0.1) is 11.3 Å². The van der Waals surface area contributed by atoms with Gasteiger partial charge in [-0.15, -0.1) is 0 Å². The summed E-state index contributed by atoms with van der Waals surface area (Å²) in [5.74, 6) is -3.60. The first-order chi connectivity index (χ1) is 19.0. The molecule has 2 fully saturated rings. The van der Waals surface area contributed by atoms with Crippen molar-refractivity contribution in [3.05, 3.63) is 23.8 Å². The Morgan fingerprint density at radius 2 is 1.73 bits per heavy atom. The third-order valence-corrected chi connectivity index (χ3v) is 9.29. The van der Waals surface area contributed by atoms with Crippen LogP contribution in [0.2, 0.25) is 0 Å². The second-order valence-electron chi connectivity index (χ2n) is 12.3. The van der Waals surface area contributed by atoms with Crippen LogP contribution in [0.4, 0.5) is 0 Å². The molecule has 4 rings (SSSR count). The van der Waals surface area contributed by atoms with E-state index >= 15 is 0 Å². The zero-order chi connectivity index (χ0) is 30.5. The molecule has 11 heteroatoms. The van der Waals surface area contributed by atoms with Gasteiger partial charge in [-0.1, -0.05) is 38.8 Å². The number of hydrogen-bond donors (Lipinski definition) is 2. The Balaban J connectivity index is 1.93. The van der Waals surface area contributed by atoms with E-state index in [0.717, 1.165) is 12.8 Å². The minimum Gasteiger partial charge on any atom is -0.461 e. The molecule has 7 unspecified atom stereocenters. The van der Waals surface area contributed by atoms with Gasteiger partial charge in [0.05, 0.1) is 5.60 Å². The van der Waals surface area contributed by atoms with Crippen molar-refractivity contribution in [2.24, 2.45) is 11.3 Å². The predicted octanol–water partition coefficient (Wildman–Crippen LogP) is 2.45. The number of esters is 4. The van der Waals surface area contributed by atoms with E-state index in [-0.39, 0.29) is 12.8 Å². The Morgan fingerprint density at radius 1 is 1.07 bits per heavy atom. The summed E-state index contributed by atoms with van der Waals surface area (Å²) in [6, 6.07) is 0. The fraction of sp³-hybridized carbons (Fsp3) is 0.733. The van der Waals surface area contributed by atoms with Gasteiger partial charge in [-0.05, 0) is 38.8 Å². The molecule has 1 spiro atoms. The van der Waals surface area contributed by atoms with Gasteiger partial charge in [0, 0.05) is 38.0 Å². The van der Waals surface area contributed by atoms with E-state index in [1.807, 2.05) is 6.92 Å². The highest BCUT2D eigenvalue weighted by Crippen LogP contribution is 2.65. The van der Waals surface area contributed by atoms with E-state index in [0.29, 0.717) is 12.0 Å². The van der Waals surface area contributed by atoms with Crippen molar-refractivity contribution in [2.75, 3.05) is 0 Å². The molecule has 0 aromatic heterocycles. The van der Waals surface area contributed by atoms with Crippen LogP contribution in [0.15, 0.2) is 23.8 Å². The van der Waals surface area contributed by atoms with Crippen LogP contribution in [-0.4, -0.2) is 81.4 Å². The van der Waals surface area contributed by atoms with E-state index in [9.17, 15) is 29.4 Å². The summed E-state index contributed by atoms with van der Waals surface area (Å²) in [5, 5.41) is 22.9. The van der Waals surface area contributed by atoms with Crippen LogP contribution in [-0.2, 0) is 42.9 Å². The summed E-state index contributed by atoms with van der Waals surface area (Å²) in [6.45, 7) is 10.8. The second-order valence-corrected chi connectivity index (χ2v) is 12.3. The maximum Gasteiger partial charge on any atom is 0.342 e. The summed E-state index contributed by atoms with van der Waals surface area (Å²) in [6.07, 6.45) is 1.56. The van der Waals surface area contributed by atoms with Crippen molar-refractivity contribution >= 4 is 23.9 Å². The van der Waals surface area contributed by atoms with Crippen molar-refractivity contribution in [3.63, 3.8) is 0 Å². The van der Waals surface area contributed by atoms with Crippen molar-refractivity contribution in [2.45, 2.75) is 128 Å². The van der Waals surface area contributed by atoms with E-state index < -0.39 is 82.5 Å². The molecule has 0 saturated carbocycles. The molecule has 41 heavy (non-hydrogen) atoms. The fourth-order valence-electron chi connectivity index (χ4n) is 6.97. The normalized spacial score (nSPS) is 44.2. The number of epoxide rings is 1. The highest BCUT2D eigenvalue weighted by Gasteiger charge is 2.87. The fourth-order valence-corrected chi connectivity index (χ4v) is 6.97. The van der Waals surface area contributed by atoms with Crippen molar-refractivity contribution < 1.29 is 53.1 Å². The molecular formula is C30H42O11. The van der Waals surface area contributed by atoms with Crippen LogP contribution in [0.1, 0.15) is 80.6 Å². The lowest BCUT2D eigenvalue weighted by atomic mass is 9.55. The molecule has 0 aromatic carbocycles. The largest absolute Gasteiger partial charge is 0.461 e. The number of unbranched alkanes of at least 4 members (excludes halogenated alkanes) is 2. The number of aliphatic hydroxyl groups is 2. The lowest BCUT2D eigenvalue weighted by Gasteiger charge is -2.54. The minimum absolute atomic E-state index is 0.0104.